The number of ether oxygens (including phenoxy) is 1. The number of hydrogen-bond acceptors (Lipinski definition) is 7. The molecule has 2 aliphatic heterocycles. The fourth-order valence-corrected chi connectivity index (χ4v) is 6.91. The van der Waals surface area contributed by atoms with E-state index in [2.05, 4.69) is 16.7 Å². The van der Waals surface area contributed by atoms with E-state index in [0.717, 1.165) is 31.8 Å². The lowest BCUT2D eigenvalue weighted by Crippen LogP contribution is -2.60. The van der Waals surface area contributed by atoms with Crippen molar-refractivity contribution in [2.24, 2.45) is 0 Å². The first-order chi connectivity index (χ1) is 14.5. The maximum Gasteiger partial charge on any atom is 0.252 e. The van der Waals surface area contributed by atoms with Crippen molar-refractivity contribution >= 4 is 27.0 Å². The van der Waals surface area contributed by atoms with Crippen LogP contribution in [0.25, 0.3) is 0 Å². The Balaban J connectivity index is 1.59. The third-order valence-electron chi connectivity index (χ3n) is 5.98. The summed E-state index contributed by atoms with van der Waals surface area (Å²) in [4.78, 5) is 4.71. The van der Waals surface area contributed by atoms with Crippen LogP contribution in [0.2, 0.25) is 0 Å². The summed E-state index contributed by atoms with van der Waals surface area (Å²) < 4.78 is 34.0. The summed E-state index contributed by atoms with van der Waals surface area (Å²) in [5.74, 6) is 0.230. The number of phenolic OH excluding ortho intramolecular Hbond substituents is 1. The number of aromatic hydroxyl groups is 1. The number of thiophene rings is 1. The predicted molar refractivity (Wildman–Crippen MR) is 119 cm³/mol. The first-order valence-electron chi connectivity index (χ1n) is 10.4. The summed E-state index contributed by atoms with van der Waals surface area (Å²) in [6.07, 6.45) is 1.00. The molecule has 1 N–H and O–H groups in total. The van der Waals surface area contributed by atoms with Gasteiger partial charge in [0.15, 0.2) is 0 Å². The quantitative estimate of drug-likeness (QED) is 0.727. The summed E-state index contributed by atoms with van der Waals surface area (Å²) in [5, 5.41) is 11.5. The molecule has 2 fully saturated rings. The topological polar surface area (TPSA) is 73.3 Å². The van der Waals surface area contributed by atoms with Crippen molar-refractivity contribution < 1.29 is 18.3 Å². The number of morpholine rings is 1. The number of anilines is 1. The second kappa shape index (κ2) is 9.23. The lowest BCUT2D eigenvalue weighted by atomic mass is 10.1. The molecular formula is C21H29N3O4S2. The number of hydrogen-bond donors (Lipinski definition) is 1. The third-order valence-corrected chi connectivity index (χ3v) is 9.22. The van der Waals surface area contributed by atoms with Crippen LogP contribution < -0.4 is 4.90 Å². The first-order valence-corrected chi connectivity index (χ1v) is 12.7. The van der Waals surface area contributed by atoms with E-state index >= 15 is 0 Å². The van der Waals surface area contributed by atoms with E-state index in [0.29, 0.717) is 36.5 Å². The van der Waals surface area contributed by atoms with Crippen LogP contribution in [0.5, 0.6) is 5.75 Å². The SMILES string of the molecule is CC[C@H]1COCCN1C[C@H]1CN(S(=O)(=O)c2cccs2)CCN1c1ccc(O)cc1. The molecule has 1 aromatic carbocycles. The lowest BCUT2D eigenvalue weighted by molar-refractivity contribution is -0.0126. The van der Waals surface area contributed by atoms with Crippen molar-refractivity contribution in [3.63, 3.8) is 0 Å². The monoisotopic (exact) mass is 451 g/mol. The second-order valence-electron chi connectivity index (χ2n) is 7.79. The molecular weight excluding hydrogens is 422 g/mol. The first kappa shape index (κ1) is 21.6. The van der Waals surface area contributed by atoms with Crippen molar-refractivity contribution in [2.75, 3.05) is 50.8 Å². The zero-order valence-corrected chi connectivity index (χ0v) is 18.8. The Hall–Kier alpha value is -1.65. The van der Waals surface area contributed by atoms with E-state index in [-0.39, 0.29) is 11.8 Å². The van der Waals surface area contributed by atoms with Gasteiger partial charge in [-0.25, -0.2) is 8.42 Å². The van der Waals surface area contributed by atoms with Gasteiger partial charge in [-0.3, -0.25) is 4.90 Å². The van der Waals surface area contributed by atoms with E-state index in [4.69, 9.17) is 4.74 Å². The highest BCUT2D eigenvalue weighted by molar-refractivity contribution is 7.91. The fourth-order valence-electron chi connectivity index (χ4n) is 4.30. The van der Waals surface area contributed by atoms with Crippen LogP contribution in [0, 0.1) is 0 Å². The molecule has 2 atom stereocenters. The molecule has 1 aromatic heterocycles. The maximum atomic E-state index is 13.1. The summed E-state index contributed by atoms with van der Waals surface area (Å²) in [5.41, 5.74) is 1.01. The molecule has 2 aliphatic rings. The molecule has 164 valence electrons. The molecule has 0 saturated carbocycles. The number of sulfonamides is 1. The molecule has 0 bridgehead atoms. The van der Waals surface area contributed by atoms with Gasteiger partial charge in [-0.15, -0.1) is 11.3 Å². The van der Waals surface area contributed by atoms with Crippen LogP contribution in [-0.4, -0.2) is 80.8 Å². The average molecular weight is 452 g/mol. The Kier molecular flexibility index (Phi) is 6.64. The molecule has 0 unspecified atom stereocenters. The fraction of sp³-hybridized carbons (Fsp3) is 0.524. The standard InChI is InChI=1S/C21H29N3O4S2/c1-2-17-16-28-12-11-22(17)14-19-15-23(30(26,27)21-4-3-13-29-21)9-10-24(19)18-5-7-20(25)8-6-18/h3-8,13,17,19,25H,2,9-12,14-16H2,1H3/t17-,19-/m0/s1. The minimum Gasteiger partial charge on any atom is -0.508 e. The summed E-state index contributed by atoms with van der Waals surface area (Å²) >= 11 is 1.27. The molecule has 0 amide bonds. The summed E-state index contributed by atoms with van der Waals surface area (Å²) in [6.45, 7) is 6.72. The van der Waals surface area contributed by atoms with Gasteiger partial charge in [0.2, 0.25) is 0 Å². The predicted octanol–water partition coefficient (Wildman–Crippen LogP) is 2.44. The van der Waals surface area contributed by atoms with E-state index in [9.17, 15) is 13.5 Å². The number of rotatable bonds is 6. The van der Waals surface area contributed by atoms with Gasteiger partial charge in [0.25, 0.3) is 10.0 Å². The summed E-state index contributed by atoms with van der Waals surface area (Å²) in [7, 11) is -3.48. The van der Waals surface area contributed by atoms with Crippen LogP contribution >= 0.6 is 11.3 Å². The van der Waals surface area contributed by atoms with Gasteiger partial charge in [-0.1, -0.05) is 13.0 Å². The van der Waals surface area contributed by atoms with Crippen molar-refractivity contribution in [3.05, 3.63) is 41.8 Å². The van der Waals surface area contributed by atoms with E-state index in [1.54, 1.807) is 34.0 Å². The normalized spacial score (nSPS) is 24.2. The van der Waals surface area contributed by atoms with Crippen molar-refractivity contribution in [1.82, 2.24) is 9.21 Å². The average Bonchev–Trinajstić information content (AvgIpc) is 3.31. The molecule has 0 spiro atoms. The van der Waals surface area contributed by atoms with Gasteiger partial charge >= 0.3 is 0 Å². The van der Waals surface area contributed by atoms with Crippen molar-refractivity contribution in [1.29, 1.82) is 0 Å². The van der Waals surface area contributed by atoms with E-state index in [1.807, 2.05) is 12.1 Å². The zero-order chi connectivity index (χ0) is 21.1. The number of benzene rings is 1. The van der Waals surface area contributed by atoms with Gasteiger partial charge in [-0.05, 0) is 42.1 Å². The Bertz CT molecular complexity index is 918. The molecule has 0 radical (unpaired) electrons. The molecule has 2 aromatic rings. The van der Waals surface area contributed by atoms with Gasteiger partial charge < -0.3 is 14.7 Å². The zero-order valence-electron chi connectivity index (χ0n) is 17.2. The third kappa shape index (κ3) is 4.50. The molecule has 4 rings (SSSR count). The second-order valence-corrected chi connectivity index (χ2v) is 10.9. The molecule has 2 saturated heterocycles. The molecule has 9 heteroatoms. The van der Waals surface area contributed by atoms with Gasteiger partial charge in [0, 0.05) is 44.5 Å². The highest BCUT2D eigenvalue weighted by atomic mass is 32.2. The van der Waals surface area contributed by atoms with Crippen LogP contribution in [0.15, 0.2) is 46.0 Å². The van der Waals surface area contributed by atoms with Crippen LogP contribution in [0.4, 0.5) is 5.69 Å². The highest BCUT2D eigenvalue weighted by Crippen LogP contribution is 2.28. The lowest BCUT2D eigenvalue weighted by Gasteiger charge is -2.46. The van der Waals surface area contributed by atoms with Crippen LogP contribution in [-0.2, 0) is 14.8 Å². The van der Waals surface area contributed by atoms with E-state index in [1.165, 1.54) is 11.3 Å². The smallest absolute Gasteiger partial charge is 0.252 e. The van der Waals surface area contributed by atoms with Gasteiger partial charge in [-0.2, -0.15) is 4.31 Å². The minimum atomic E-state index is -3.48. The molecule has 7 nitrogen and oxygen atoms in total. The number of nitrogens with zero attached hydrogens (tertiary/aromatic N) is 3. The number of piperazine rings is 1. The Morgan fingerprint density at radius 1 is 1.13 bits per heavy atom. The Morgan fingerprint density at radius 2 is 1.93 bits per heavy atom. The van der Waals surface area contributed by atoms with Crippen molar-refractivity contribution in [3.8, 4) is 5.75 Å². The minimum absolute atomic E-state index is 0.0187. The van der Waals surface area contributed by atoms with Crippen molar-refractivity contribution in [2.45, 2.75) is 29.6 Å². The largest absolute Gasteiger partial charge is 0.508 e. The molecule has 0 aliphatic carbocycles. The molecule has 3 heterocycles. The molecule has 30 heavy (non-hydrogen) atoms. The van der Waals surface area contributed by atoms with Crippen LogP contribution in [0.3, 0.4) is 0 Å². The van der Waals surface area contributed by atoms with Gasteiger partial charge in [0.05, 0.1) is 19.3 Å². The maximum absolute atomic E-state index is 13.1. The Morgan fingerprint density at radius 3 is 2.63 bits per heavy atom. The van der Waals surface area contributed by atoms with E-state index < -0.39 is 10.0 Å². The Labute approximate surface area is 182 Å². The summed E-state index contributed by atoms with van der Waals surface area (Å²) in [6, 6.07) is 11.0. The highest BCUT2D eigenvalue weighted by Gasteiger charge is 2.37. The van der Waals surface area contributed by atoms with Gasteiger partial charge in [0.1, 0.15) is 9.96 Å². The van der Waals surface area contributed by atoms with Crippen LogP contribution in [0.1, 0.15) is 13.3 Å². The number of phenols is 1.